The number of fused-ring (bicyclic) bond motifs is 1. The van der Waals surface area contributed by atoms with Crippen molar-refractivity contribution in [1.29, 1.82) is 0 Å². The maximum atomic E-state index is 12.4. The summed E-state index contributed by atoms with van der Waals surface area (Å²) in [5, 5.41) is 4.05. The SMILES string of the molecule is Cc1cc(C)c2cc(C(=O)N[C@H](C)CN3CCCC3=O)[nH]c2c1. The van der Waals surface area contributed by atoms with Gasteiger partial charge in [-0.15, -0.1) is 0 Å². The Labute approximate surface area is 136 Å². The van der Waals surface area contributed by atoms with Crippen LogP contribution in [0.2, 0.25) is 0 Å². The van der Waals surface area contributed by atoms with Crippen molar-refractivity contribution in [2.45, 2.75) is 39.7 Å². The second kappa shape index (κ2) is 6.07. The highest BCUT2D eigenvalue weighted by atomic mass is 16.2. The quantitative estimate of drug-likeness (QED) is 0.911. The van der Waals surface area contributed by atoms with Crippen LogP contribution in [0.3, 0.4) is 0 Å². The van der Waals surface area contributed by atoms with E-state index in [9.17, 15) is 9.59 Å². The first kappa shape index (κ1) is 15.6. The number of nitrogens with one attached hydrogen (secondary N) is 2. The second-order valence-electron chi connectivity index (χ2n) is 6.54. The number of aromatic nitrogens is 1. The average molecular weight is 313 g/mol. The summed E-state index contributed by atoms with van der Waals surface area (Å²) in [5.74, 6) is 0.0558. The van der Waals surface area contributed by atoms with Crippen LogP contribution in [0.4, 0.5) is 0 Å². The summed E-state index contributed by atoms with van der Waals surface area (Å²) in [6, 6.07) is 5.98. The van der Waals surface area contributed by atoms with Crippen LogP contribution in [0, 0.1) is 13.8 Å². The Balaban J connectivity index is 1.70. The highest BCUT2D eigenvalue weighted by molar-refractivity contribution is 5.99. The molecule has 0 aliphatic carbocycles. The lowest BCUT2D eigenvalue weighted by molar-refractivity contribution is -0.127. The number of hydrogen-bond donors (Lipinski definition) is 2. The lowest BCUT2D eigenvalue weighted by Gasteiger charge is -2.21. The summed E-state index contributed by atoms with van der Waals surface area (Å²) in [4.78, 5) is 29.1. The molecule has 0 unspecified atom stereocenters. The fraction of sp³-hybridized carbons (Fsp3) is 0.444. The number of aryl methyl sites for hydroxylation is 2. The smallest absolute Gasteiger partial charge is 0.267 e. The number of benzene rings is 1. The molecule has 1 atom stereocenters. The molecule has 0 saturated carbocycles. The molecule has 1 fully saturated rings. The third-order valence-electron chi connectivity index (χ3n) is 4.38. The molecule has 1 saturated heterocycles. The van der Waals surface area contributed by atoms with E-state index in [0.29, 0.717) is 18.7 Å². The molecule has 1 aromatic carbocycles. The van der Waals surface area contributed by atoms with Gasteiger partial charge >= 0.3 is 0 Å². The molecule has 2 aromatic rings. The second-order valence-corrected chi connectivity index (χ2v) is 6.54. The van der Waals surface area contributed by atoms with Gasteiger partial charge in [0.25, 0.3) is 5.91 Å². The monoisotopic (exact) mass is 313 g/mol. The largest absolute Gasteiger partial charge is 0.351 e. The first-order chi connectivity index (χ1) is 10.9. The Kier molecular flexibility index (Phi) is 4.11. The predicted octanol–water partition coefficient (Wildman–Crippen LogP) is 2.53. The van der Waals surface area contributed by atoms with E-state index in [2.05, 4.69) is 16.4 Å². The number of rotatable bonds is 4. The average Bonchev–Trinajstić information content (AvgIpc) is 3.06. The topological polar surface area (TPSA) is 65.2 Å². The lowest BCUT2D eigenvalue weighted by Crippen LogP contribution is -2.42. The van der Waals surface area contributed by atoms with Gasteiger partial charge in [-0.25, -0.2) is 0 Å². The summed E-state index contributed by atoms with van der Waals surface area (Å²) >= 11 is 0. The van der Waals surface area contributed by atoms with Crippen LogP contribution in [0.1, 0.15) is 41.4 Å². The summed E-state index contributed by atoms with van der Waals surface area (Å²) in [7, 11) is 0. The van der Waals surface area contributed by atoms with E-state index in [1.165, 1.54) is 5.56 Å². The Morgan fingerprint density at radius 1 is 1.35 bits per heavy atom. The van der Waals surface area contributed by atoms with Crippen molar-refractivity contribution in [3.05, 3.63) is 35.0 Å². The van der Waals surface area contributed by atoms with Gasteiger partial charge in [0.05, 0.1) is 0 Å². The number of likely N-dealkylation sites (tertiary alicyclic amines) is 1. The Bertz CT molecular complexity index is 763. The molecule has 2 N–H and O–H groups in total. The minimum Gasteiger partial charge on any atom is -0.351 e. The normalized spacial score (nSPS) is 16.1. The standard InChI is InChI=1S/C18H23N3O2/c1-11-7-12(2)14-9-16(20-15(14)8-11)18(23)19-13(3)10-21-6-4-5-17(21)22/h7-9,13,20H,4-6,10H2,1-3H3,(H,19,23)/t13-/m1/s1. The first-order valence-electron chi connectivity index (χ1n) is 8.12. The minimum absolute atomic E-state index is 0.0706. The van der Waals surface area contributed by atoms with Crippen LogP contribution in [-0.2, 0) is 4.79 Å². The summed E-state index contributed by atoms with van der Waals surface area (Å²) in [5.41, 5.74) is 3.87. The zero-order chi connectivity index (χ0) is 16.6. The van der Waals surface area contributed by atoms with Crippen LogP contribution in [0.5, 0.6) is 0 Å². The van der Waals surface area contributed by atoms with Crippen molar-refractivity contribution >= 4 is 22.7 Å². The van der Waals surface area contributed by atoms with E-state index in [0.717, 1.165) is 29.4 Å². The number of nitrogens with zero attached hydrogens (tertiary/aromatic N) is 1. The van der Waals surface area contributed by atoms with Gasteiger partial charge in [-0.05, 0) is 50.5 Å². The third kappa shape index (κ3) is 3.23. The van der Waals surface area contributed by atoms with Gasteiger partial charge in [0.1, 0.15) is 5.69 Å². The van der Waals surface area contributed by atoms with Crippen molar-refractivity contribution in [2.24, 2.45) is 0 Å². The molecule has 1 aromatic heterocycles. The maximum absolute atomic E-state index is 12.4. The molecule has 1 aliphatic heterocycles. The number of carbonyl (C=O) groups is 2. The van der Waals surface area contributed by atoms with Crippen molar-refractivity contribution in [1.82, 2.24) is 15.2 Å². The molecule has 5 heteroatoms. The maximum Gasteiger partial charge on any atom is 0.267 e. The van der Waals surface area contributed by atoms with E-state index in [4.69, 9.17) is 0 Å². The third-order valence-corrected chi connectivity index (χ3v) is 4.38. The molecular weight excluding hydrogens is 290 g/mol. The number of hydrogen-bond acceptors (Lipinski definition) is 2. The van der Waals surface area contributed by atoms with Crippen molar-refractivity contribution in [3.8, 4) is 0 Å². The first-order valence-corrected chi connectivity index (χ1v) is 8.12. The van der Waals surface area contributed by atoms with Gasteiger partial charge in [0.2, 0.25) is 5.91 Å². The highest BCUT2D eigenvalue weighted by Gasteiger charge is 2.23. The predicted molar refractivity (Wildman–Crippen MR) is 90.5 cm³/mol. The summed E-state index contributed by atoms with van der Waals surface area (Å²) in [6.45, 7) is 7.39. The van der Waals surface area contributed by atoms with Crippen molar-refractivity contribution < 1.29 is 9.59 Å². The van der Waals surface area contributed by atoms with Crippen LogP contribution in [0.25, 0.3) is 10.9 Å². The Morgan fingerprint density at radius 3 is 2.83 bits per heavy atom. The minimum atomic E-state index is -0.127. The fourth-order valence-corrected chi connectivity index (χ4v) is 3.30. The zero-order valence-electron chi connectivity index (χ0n) is 13.9. The van der Waals surface area contributed by atoms with Gasteiger partial charge in [-0.1, -0.05) is 6.07 Å². The Hall–Kier alpha value is -2.30. The molecule has 1 aliphatic rings. The number of aromatic amines is 1. The summed E-state index contributed by atoms with van der Waals surface area (Å²) < 4.78 is 0. The number of H-pyrrole nitrogens is 1. The van der Waals surface area contributed by atoms with Gasteiger partial charge < -0.3 is 15.2 Å². The highest BCUT2D eigenvalue weighted by Crippen LogP contribution is 2.21. The van der Waals surface area contributed by atoms with Gasteiger partial charge in [0.15, 0.2) is 0 Å². The number of amides is 2. The summed E-state index contributed by atoms with van der Waals surface area (Å²) in [6.07, 6.45) is 1.54. The zero-order valence-corrected chi connectivity index (χ0v) is 13.9. The molecular formula is C18H23N3O2. The van der Waals surface area contributed by atoms with E-state index >= 15 is 0 Å². The van der Waals surface area contributed by atoms with Crippen LogP contribution < -0.4 is 5.32 Å². The van der Waals surface area contributed by atoms with E-state index in [-0.39, 0.29) is 17.9 Å². The van der Waals surface area contributed by atoms with E-state index in [1.54, 1.807) is 0 Å². The van der Waals surface area contributed by atoms with E-state index < -0.39 is 0 Å². The molecule has 0 bridgehead atoms. The van der Waals surface area contributed by atoms with Crippen molar-refractivity contribution in [2.75, 3.05) is 13.1 Å². The molecule has 3 rings (SSSR count). The van der Waals surface area contributed by atoms with Gasteiger partial charge in [-0.3, -0.25) is 9.59 Å². The number of carbonyl (C=O) groups excluding carboxylic acids is 2. The van der Waals surface area contributed by atoms with Crippen LogP contribution >= 0.6 is 0 Å². The molecule has 122 valence electrons. The van der Waals surface area contributed by atoms with E-state index in [1.807, 2.05) is 37.8 Å². The lowest BCUT2D eigenvalue weighted by atomic mass is 10.1. The van der Waals surface area contributed by atoms with Crippen LogP contribution in [0.15, 0.2) is 18.2 Å². The molecule has 0 radical (unpaired) electrons. The molecule has 0 spiro atoms. The molecule has 2 amide bonds. The molecule has 23 heavy (non-hydrogen) atoms. The van der Waals surface area contributed by atoms with Crippen LogP contribution in [-0.4, -0.2) is 40.8 Å². The van der Waals surface area contributed by atoms with Crippen molar-refractivity contribution in [3.63, 3.8) is 0 Å². The Morgan fingerprint density at radius 2 is 2.13 bits per heavy atom. The fourth-order valence-electron chi connectivity index (χ4n) is 3.30. The van der Waals surface area contributed by atoms with Gasteiger partial charge in [0, 0.05) is 36.5 Å². The van der Waals surface area contributed by atoms with Gasteiger partial charge in [-0.2, -0.15) is 0 Å². The molecule has 5 nitrogen and oxygen atoms in total. The molecule has 2 heterocycles.